The Kier molecular flexibility index (Phi) is 2.09. The second-order valence-corrected chi connectivity index (χ2v) is 4.45. The third-order valence-corrected chi connectivity index (χ3v) is 3.40. The predicted molar refractivity (Wildman–Crippen MR) is 63.6 cm³/mol. The van der Waals surface area contributed by atoms with Crippen molar-refractivity contribution in [1.29, 1.82) is 0 Å². The van der Waals surface area contributed by atoms with Crippen molar-refractivity contribution in [2.75, 3.05) is 0 Å². The molecule has 0 fully saturated rings. The molecule has 0 aromatic carbocycles. The van der Waals surface area contributed by atoms with Crippen molar-refractivity contribution in [2.45, 2.75) is 19.3 Å². The average molecular weight is 245 g/mol. The summed E-state index contributed by atoms with van der Waals surface area (Å²) in [4.78, 5) is 23.5. The van der Waals surface area contributed by atoms with Crippen molar-refractivity contribution >= 4 is 11.5 Å². The standard InChI is InChI=1S/C13H11NO4/c1-6-4-14-10(7(6)2)3-8-9(12(14)16)5-18-13(17)11(8)15/h3,11,15H,1-2,4-5H2. The molecule has 5 nitrogen and oxygen atoms in total. The van der Waals surface area contributed by atoms with E-state index in [4.69, 9.17) is 4.74 Å². The minimum Gasteiger partial charge on any atom is -0.458 e. The number of aliphatic hydroxyl groups is 1. The number of nitrogens with zero attached hydrogens (tertiary/aromatic N) is 1. The molecule has 1 N–H and O–H groups in total. The predicted octanol–water partition coefficient (Wildman–Crippen LogP) is 0.522. The van der Waals surface area contributed by atoms with E-state index in [1.807, 2.05) is 0 Å². The van der Waals surface area contributed by atoms with E-state index in [1.165, 1.54) is 4.57 Å². The minimum absolute atomic E-state index is 0.0940. The number of pyridine rings is 1. The molecule has 0 saturated heterocycles. The van der Waals surface area contributed by atoms with Crippen LogP contribution in [0.4, 0.5) is 0 Å². The van der Waals surface area contributed by atoms with Crippen LogP contribution < -0.4 is 5.56 Å². The van der Waals surface area contributed by atoms with Crippen molar-refractivity contribution < 1.29 is 14.6 Å². The number of carbonyl (C=O) groups is 1. The fraction of sp³-hybridized carbons (Fsp3) is 0.231. The smallest absolute Gasteiger partial charge is 0.340 e. The van der Waals surface area contributed by atoms with Crippen LogP contribution in [-0.4, -0.2) is 15.6 Å². The zero-order valence-electron chi connectivity index (χ0n) is 9.60. The van der Waals surface area contributed by atoms with E-state index in [0.29, 0.717) is 28.9 Å². The number of allylic oxidation sites excluding steroid dienone is 2. The van der Waals surface area contributed by atoms with E-state index in [0.717, 1.165) is 5.57 Å². The lowest BCUT2D eigenvalue weighted by molar-refractivity contribution is -0.157. The van der Waals surface area contributed by atoms with Gasteiger partial charge in [-0.05, 0) is 17.2 Å². The first kappa shape index (κ1) is 11.0. The molecule has 2 aliphatic rings. The fourth-order valence-corrected chi connectivity index (χ4v) is 2.32. The molecule has 0 bridgehead atoms. The lowest BCUT2D eigenvalue weighted by atomic mass is 10.00. The molecule has 1 aromatic rings. The van der Waals surface area contributed by atoms with Gasteiger partial charge in [0.25, 0.3) is 5.56 Å². The summed E-state index contributed by atoms with van der Waals surface area (Å²) in [5.41, 5.74) is 2.43. The van der Waals surface area contributed by atoms with Gasteiger partial charge in [0.2, 0.25) is 0 Å². The maximum Gasteiger partial charge on any atom is 0.340 e. The average Bonchev–Trinajstić information content (AvgIpc) is 2.63. The molecule has 2 aliphatic heterocycles. The molecule has 1 unspecified atom stereocenters. The van der Waals surface area contributed by atoms with Crippen molar-refractivity contribution in [3.63, 3.8) is 0 Å². The maximum absolute atomic E-state index is 12.2. The van der Waals surface area contributed by atoms with Crippen LogP contribution in [0, 0.1) is 0 Å². The van der Waals surface area contributed by atoms with Crippen molar-refractivity contribution in [3.05, 3.63) is 52.0 Å². The molecular formula is C13H11NO4. The van der Waals surface area contributed by atoms with Crippen LogP contribution in [0.15, 0.2) is 29.6 Å². The third kappa shape index (κ3) is 1.25. The van der Waals surface area contributed by atoms with Gasteiger partial charge in [0.05, 0.1) is 17.8 Å². The first-order valence-corrected chi connectivity index (χ1v) is 5.49. The first-order valence-electron chi connectivity index (χ1n) is 5.49. The molecule has 1 aromatic heterocycles. The highest BCUT2D eigenvalue weighted by Crippen LogP contribution is 2.32. The number of aromatic nitrogens is 1. The Morgan fingerprint density at radius 2 is 2.11 bits per heavy atom. The number of esters is 1. The van der Waals surface area contributed by atoms with Crippen LogP contribution in [0.25, 0.3) is 5.57 Å². The molecule has 0 spiro atoms. The highest BCUT2D eigenvalue weighted by Gasteiger charge is 2.33. The summed E-state index contributed by atoms with van der Waals surface area (Å²) in [6.07, 6.45) is -1.39. The Morgan fingerprint density at radius 1 is 1.39 bits per heavy atom. The highest BCUT2D eigenvalue weighted by molar-refractivity contribution is 5.81. The molecule has 92 valence electrons. The zero-order chi connectivity index (χ0) is 13.0. The third-order valence-electron chi connectivity index (χ3n) is 3.40. The molecule has 3 rings (SSSR count). The number of aliphatic hydroxyl groups excluding tert-OH is 1. The van der Waals surface area contributed by atoms with Gasteiger partial charge < -0.3 is 14.4 Å². The molecule has 1 atom stereocenters. The van der Waals surface area contributed by atoms with E-state index in [1.54, 1.807) is 6.07 Å². The largest absolute Gasteiger partial charge is 0.458 e. The molecule has 3 heterocycles. The SMILES string of the molecule is C=C1Cn2c(cc3c(c2=O)COC(=O)C3O)C1=C. The van der Waals surface area contributed by atoms with E-state index < -0.39 is 12.1 Å². The first-order chi connectivity index (χ1) is 8.50. The Balaban J connectivity index is 2.31. The molecule has 18 heavy (non-hydrogen) atoms. The molecule has 0 amide bonds. The van der Waals surface area contributed by atoms with Crippen molar-refractivity contribution in [1.82, 2.24) is 4.57 Å². The van der Waals surface area contributed by atoms with Gasteiger partial charge >= 0.3 is 5.97 Å². The van der Waals surface area contributed by atoms with Crippen LogP contribution in [0.5, 0.6) is 0 Å². The normalized spacial score (nSPS) is 21.6. The van der Waals surface area contributed by atoms with E-state index in [-0.39, 0.29) is 12.2 Å². The summed E-state index contributed by atoms with van der Waals surface area (Å²) >= 11 is 0. The highest BCUT2D eigenvalue weighted by atomic mass is 16.5. The Labute approximate surface area is 103 Å². The molecule has 5 heteroatoms. The van der Waals surface area contributed by atoms with E-state index in [2.05, 4.69) is 13.2 Å². The summed E-state index contributed by atoms with van der Waals surface area (Å²) in [7, 11) is 0. The summed E-state index contributed by atoms with van der Waals surface area (Å²) in [6, 6.07) is 1.63. The van der Waals surface area contributed by atoms with Gasteiger partial charge in [-0.25, -0.2) is 4.79 Å². The number of ether oxygens (including phenoxy) is 1. The Hall–Kier alpha value is -2.14. The monoisotopic (exact) mass is 245 g/mol. The van der Waals surface area contributed by atoms with Gasteiger partial charge in [-0.1, -0.05) is 13.2 Å². The summed E-state index contributed by atoms with van der Waals surface area (Å²) in [5, 5.41) is 9.76. The topological polar surface area (TPSA) is 68.5 Å². The number of fused-ring (bicyclic) bond motifs is 2. The Bertz CT molecular complexity index is 668. The maximum atomic E-state index is 12.2. The summed E-state index contributed by atoms with van der Waals surface area (Å²) in [6.45, 7) is 7.98. The van der Waals surface area contributed by atoms with Gasteiger partial charge in [0.15, 0.2) is 6.10 Å². The lowest BCUT2D eigenvalue weighted by Gasteiger charge is -2.21. The number of carbonyl (C=O) groups excluding carboxylic acids is 1. The van der Waals surface area contributed by atoms with Crippen LogP contribution in [-0.2, 0) is 22.7 Å². The number of cyclic esters (lactones) is 1. The Morgan fingerprint density at radius 3 is 2.83 bits per heavy atom. The quantitative estimate of drug-likeness (QED) is 0.677. The number of rotatable bonds is 0. The fourth-order valence-electron chi connectivity index (χ4n) is 2.32. The van der Waals surface area contributed by atoms with Crippen molar-refractivity contribution in [3.8, 4) is 0 Å². The second-order valence-electron chi connectivity index (χ2n) is 4.45. The van der Waals surface area contributed by atoms with Gasteiger partial charge in [-0.3, -0.25) is 4.79 Å². The van der Waals surface area contributed by atoms with Gasteiger partial charge in [0.1, 0.15) is 6.61 Å². The number of hydrogen-bond donors (Lipinski definition) is 1. The van der Waals surface area contributed by atoms with Crippen LogP contribution in [0.3, 0.4) is 0 Å². The summed E-state index contributed by atoms with van der Waals surface area (Å²) in [5.74, 6) is -0.728. The molecule has 0 radical (unpaired) electrons. The van der Waals surface area contributed by atoms with Gasteiger partial charge in [-0.15, -0.1) is 0 Å². The van der Waals surface area contributed by atoms with Crippen molar-refractivity contribution in [2.24, 2.45) is 0 Å². The molecule has 0 aliphatic carbocycles. The zero-order valence-corrected chi connectivity index (χ0v) is 9.60. The second kappa shape index (κ2) is 3.43. The van der Waals surface area contributed by atoms with Crippen LogP contribution in [0.1, 0.15) is 22.9 Å². The van der Waals surface area contributed by atoms with Crippen LogP contribution in [0.2, 0.25) is 0 Å². The van der Waals surface area contributed by atoms with Gasteiger partial charge in [0, 0.05) is 5.56 Å². The molecular weight excluding hydrogens is 234 g/mol. The summed E-state index contributed by atoms with van der Waals surface area (Å²) < 4.78 is 6.30. The van der Waals surface area contributed by atoms with E-state index in [9.17, 15) is 14.7 Å². The van der Waals surface area contributed by atoms with Crippen LogP contribution >= 0.6 is 0 Å². The van der Waals surface area contributed by atoms with Gasteiger partial charge in [-0.2, -0.15) is 0 Å². The van der Waals surface area contributed by atoms with E-state index >= 15 is 0 Å². The number of hydrogen-bond acceptors (Lipinski definition) is 4. The molecule has 0 saturated carbocycles. The minimum atomic E-state index is -1.39. The lowest BCUT2D eigenvalue weighted by Crippen LogP contribution is -2.32.